The number of nitrogens with one attached hydrogen (secondary N) is 2. The molecule has 4 atom stereocenters. The van der Waals surface area contributed by atoms with E-state index in [-0.39, 0.29) is 36.2 Å². The summed E-state index contributed by atoms with van der Waals surface area (Å²) >= 11 is 0. The number of rotatable bonds is 7. The normalized spacial score (nSPS) is 22.1. The lowest BCUT2D eigenvalue weighted by Gasteiger charge is -2.39. The lowest BCUT2D eigenvalue weighted by Crippen LogP contribution is -2.50. The van der Waals surface area contributed by atoms with Crippen LogP contribution in [0.5, 0.6) is 5.75 Å². The average Bonchev–Trinajstić information content (AvgIpc) is 3.69. The molecule has 2 N–H and O–H groups in total. The van der Waals surface area contributed by atoms with Crippen LogP contribution in [0, 0.1) is 5.92 Å². The molecule has 2 bridgehead atoms. The molecule has 2 amide bonds. The highest BCUT2D eigenvalue weighted by atomic mass is 16.6. The van der Waals surface area contributed by atoms with Crippen molar-refractivity contribution < 1.29 is 19.1 Å². The molecule has 7 rings (SSSR count). The molecule has 0 radical (unpaired) electrons. The Kier molecular flexibility index (Phi) is 7.31. The summed E-state index contributed by atoms with van der Waals surface area (Å²) in [6, 6.07) is 24.3. The number of piperidine rings is 1. The molecule has 0 spiro atoms. The fourth-order valence-corrected chi connectivity index (χ4v) is 6.88. The standard InChI is InChI=1S/C36H40N4O4/c1-36(2,3)44-35(42)40-26-14-15-27(40)21-29(20-26)43-28-16-11-24(12-17-28)33-30-19-25(13-18-31(30)38-39-33)34(41)37-32(23-9-10-23)22-7-5-4-6-8-22/h4-8,11-13,16-19,23,26-27,29,32H,9-10,14-15,20-21H2,1-3H3,(H,37,41)(H,38,39)/t26-,27+,29+,32?. The van der Waals surface area contributed by atoms with Crippen LogP contribution in [-0.2, 0) is 4.74 Å². The average molecular weight is 593 g/mol. The number of hydrogen-bond donors (Lipinski definition) is 2. The number of carbonyl (C=O) groups excluding carboxylic acids is 2. The van der Waals surface area contributed by atoms with Crippen LogP contribution in [0.15, 0.2) is 72.8 Å². The monoisotopic (exact) mass is 592 g/mol. The number of ether oxygens (including phenoxy) is 2. The van der Waals surface area contributed by atoms with Gasteiger partial charge < -0.3 is 19.7 Å². The van der Waals surface area contributed by atoms with E-state index in [1.807, 2.05) is 86.3 Å². The van der Waals surface area contributed by atoms with Crippen LogP contribution in [0.2, 0.25) is 0 Å². The molecule has 2 saturated heterocycles. The second-order valence-corrected chi connectivity index (χ2v) is 13.5. The second-order valence-electron chi connectivity index (χ2n) is 13.5. The van der Waals surface area contributed by atoms with Crippen LogP contribution >= 0.6 is 0 Å². The molecule has 1 aromatic heterocycles. The summed E-state index contributed by atoms with van der Waals surface area (Å²) in [5, 5.41) is 11.9. The van der Waals surface area contributed by atoms with Gasteiger partial charge in [-0.05, 0) is 100 Å². The van der Waals surface area contributed by atoms with Gasteiger partial charge in [-0.3, -0.25) is 9.89 Å². The SMILES string of the molecule is CC(C)(C)OC(=O)N1[C@@H]2CC[C@H]1C[C@@H](Oc1ccc(-c3n[nH]c4ccc(C(=O)NC(c5ccccc5)C5CC5)cc34)cc1)C2. The molecule has 1 aliphatic carbocycles. The lowest BCUT2D eigenvalue weighted by atomic mass is 10.00. The van der Waals surface area contributed by atoms with Gasteiger partial charge in [0.1, 0.15) is 17.5 Å². The molecular weight excluding hydrogens is 552 g/mol. The number of fused-ring (bicyclic) bond motifs is 3. The van der Waals surface area contributed by atoms with E-state index in [2.05, 4.69) is 27.6 Å². The Morgan fingerprint density at radius 3 is 2.30 bits per heavy atom. The number of aromatic nitrogens is 2. The molecule has 8 nitrogen and oxygen atoms in total. The third kappa shape index (κ3) is 5.90. The van der Waals surface area contributed by atoms with Gasteiger partial charge in [0.2, 0.25) is 0 Å². The number of carbonyl (C=O) groups is 2. The van der Waals surface area contributed by atoms with Gasteiger partial charge in [-0.1, -0.05) is 30.3 Å². The van der Waals surface area contributed by atoms with Crippen LogP contribution in [0.4, 0.5) is 4.79 Å². The van der Waals surface area contributed by atoms with Crippen LogP contribution in [0.3, 0.4) is 0 Å². The minimum atomic E-state index is -0.499. The maximum atomic E-state index is 13.4. The highest BCUT2D eigenvalue weighted by Gasteiger charge is 2.45. The molecule has 8 heteroatoms. The minimum absolute atomic E-state index is 0.0236. The first-order valence-electron chi connectivity index (χ1n) is 15.8. The molecule has 3 heterocycles. The van der Waals surface area contributed by atoms with Crippen LogP contribution < -0.4 is 10.1 Å². The van der Waals surface area contributed by atoms with E-state index < -0.39 is 5.60 Å². The van der Waals surface area contributed by atoms with Gasteiger partial charge in [0.05, 0.1) is 17.3 Å². The van der Waals surface area contributed by atoms with E-state index in [4.69, 9.17) is 9.47 Å². The fourth-order valence-electron chi connectivity index (χ4n) is 6.88. The van der Waals surface area contributed by atoms with Gasteiger partial charge in [-0.15, -0.1) is 0 Å². The van der Waals surface area contributed by atoms with E-state index in [0.717, 1.165) is 72.0 Å². The van der Waals surface area contributed by atoms with Gasteiger partial charge in [-0.25, -0.2) is 4.79 Å². The third-order valence-electron chi connectivity index (χ3n) is 9.09. The summed E-state index contributed by atoms with van der Waals surface area (Å²) in [5.74, 6) is 1.22. The zero-order chi connectivity index (χ0) is 30.4. The molecular formula is C36H40N4O4. The maximum Gasteiger partial charge on any atom is 0.410 e. The van der Waals surface area contributed by atoms with Gasteiger partial charge in [0.15, 0.2) is 0 Å². The molecule has 3 aromatic carbocycles. The lowest BCUT2D eigenvalue weighted by molar-refractivity contribution is -0.00708. The molecule has 1 saturated carbocycles. The number of amides is 2. The molecule has 2 aliphatic heterocycles. The summed E-state index contributed by atoms with van der Waals surface area (Å²) in [5.41, 5.74) is 3.89. The van der Waals surface area contributed by atoms with E-state index in [9.17, 15) is 9.59 Å². The van der Waals surface area contributed by atoms with Gasteiger partial charge in [0.25, 0.3) is 5.91 Å². The number of H-pyrrole nitrogens is 1. The molecule has 228 valence electrons. The Labute approximate surface area is 258 Å². The summed E-state index contributed by atoms with van der Waals surface area (Å²) in [6.45, 7) is 5.72. The summed E-state index contributed by atoms with van der Waals surface area (Å²) in [7, 11) is 0. The Balaban J connectivity index is 1.03. The van der Waals surface area contributed by atoms with E-state index in [0.29, 0.717) is 11.5 Å². The first-order valence-corrected chi connectivity index (χ1v) is 15.8. The van der Waals surface area contributed by atoms with Gasteiger partial charge >= 0.3 is 6.09 Å². The van der Waals surface area contributed by atoms with Crippen molar-refractivity contribution in [3.05, 3.63) is 83.9 Å². The minimum Gasteiger partial charge on any atom is -0.490 e. The van der Waals surface area contributed by atoms with E-state index in [1.54, 1.807) is 0 Å². The smallest absolute Gasteiger partial charge is 0.410 e. The molecule has 3 fully saturated rings. The number of benzene rings is 3. The Bertz CT molecular complexity index is 1640. The van der Waals surface area contributed by atoms with Crippen LogP contribution in [-0.4, -0.2) is 50.9 Å². The second kappa shape index (κ2) is 11.3. The summed E-state index contributed by atoms with van der Waals surface area (Å²) < 4.78 is 12.1. The van der Waals surface area contributed by atoms with Crippen molar-refractivity contribution in [3.63, 3.8) is 0 Å². The highest BCUT2D eigenvalue weighted by molar-refractivity contribution is 6.01. The number of aromatic amines is 1. The number of hydrogen-bond acceptors (Lipinski definition) is 5. The zero-order valence-electron chi connectivity index (χ0n) is 25.6. The highest BCUT2D eigenvalue weighted by Crippen LogP contribution is 2.41. The van der Waals surface area contributed by atoms with Crippen molar-refractivity contribution in [2.45, 2.75) is 89.1 Å². The first kappa shape index (κ1) is 28.4. The predicted octanol–water partition coefficient (Wildman–Crippen LogP) is 7.42. The Morgan fingerprint density at radius 1 is 0.932 bits per heavy atom. The Morgan fingerprint density at radius 2 is 1.64 bits per heavy atom. The van der Waals surface area contributed by atoms with Crippen molar-refractivity contribution in [1.29, 1.82) is 0 Å². The van der Waals surface area contributed by atoms with Crippen molar-refractivity contribution in [3.8, 4) is 17.0 Å². The third-order valence-corrected chi connectivity index (χ3v) is 9.09. The summed E-state index contributed by atoms with van der Waals surface area (Å²) in [6.07, 6.45) is 5.70. The molecule has 4 aromatic rings. The van der Waals surface area contributed by atoms with Crippen molar-refractivity contribution in [2.24, 2.45) is 5.92 Å². The van der Waals surface area contributed by atoms with Crippen molar-refractivity contribution in [2.75, 3.05) is 0 Å². The largest absolute Gasteiger partial charge is 0.490 e. The first-order chi connectivity index (χ1) is 21.2. The predicted molar refractivity (Wildman–Crippen MR) is 169 cm³/mol. The molecule has 3 aliphatic rings. The molecule has 44 heavy (non-hydrogen) atoms. The topological polar surface area (TPSA) is 96.5 Å². The van der Waals surface area contributed by atoms with Crippen molar-refractivity contribution in [1.82, 2.24) is 20.4 Å². The maximum absolute atomic E-state index is 13.4. The van der Waals surface area contributed by atoms with Crippen LogP contribution in [0.25, 0.3) is 22.2 Å². The summed E-state index contributed by atoms with van der Waals surface area (Å²) in [4.78, 5) is 28.1. The van der Waals surface area contributed by atoms with Gasteiger partial charge in [0, 0.05) is 41.4 Å². The van der Waals surface area contributed by atoms with E-state index in [1.165, 1.54) is 0 Å². The van der Waals surface area contributed by atoms with E-state index >= 15 is 0 Å². The zero-order valence-corrected chi connectivity index (χ0v) is 25.6. The van der Waals surface area contributed by atoms with Crippen molar-refractivity contribution >= 4 is 22.9 Å². The Hall–Kier alpha value is -4.33. The quantitative estimate of drug-likeness (QED) is 0.233. The molecule has 1 unspecified atom stereocenters. The fraction of sp³-hybridized carbons (Fsp3) is 0.417. The number of nitrogens with zero attached hydrogens (tertiary/aromatic N) is 2. The van der Waals surface area contributed by atoms with Gasteiger partial charge in [-0.2, -0.15) is 5.10 Å². The van der Waals surface area contributed by atoms with Crippen LogP contribution in [0.1, 0.15) is 81.3 Å².